The molecule has 0 radical (unpaired) electrons. The van der Waals surface area contributed by atoms with Gasteiger partial charge in [-0.2, -0.15) is 13.2 Å². The first-order valence-corrected chi connectivity index (χ1v) is 8.42. The van der Waals surface area contributed by atoms with Crippen LogP contribution in [0, 0.1) is 0 Å². The molecule has 0 aliphatic rings. The molecule has 0 amide bonds. The van der Waals surface area contributed by atoms with Crippen LogP contribution >= 0.6 is 35.0 Å². The lowest BCUT2D eigenvalue weighted by molar-refractivity contribution is -0.230. The smallest absolute Gasteiger partial charge is 0.376 e. The second-order valence-electron chi connectivity index (χ2n) is 4.90. The summed E-state index contributed by atoms with van der Waals surface area (Å²) in [5, 5.41) is 10.6. The highest BCUT2D eigenvalue weighted by Crippen LogP contribution is 2.37. The SMILES string of the molecule is OC(/C=C/c1ccc(Cl)c(Cl)c1)(CSc1ccncc1)C(F)(F)F. The Morgan fingerprint density at radius 2 is 1.75 bits per heavy atom. The van der Waals surface area contributed by atoms with Crippen molar-refractivity contribution in [1.29, 1.82) is 0 Å². The number of halogens is 5. The first kappa shape index (κ1) is 19.1. The molecule has 2 rings (SSSR count). The normalized spacial score (nSPS) is 14.8. The molecule has 1 aromatic heterocycles. The second-order valence-corrected chi connectivity index (χ2v) is 6.76. The molecule has 0 bridgehead atoms. The molecule has 1 unspecified atom stereocenters. The average molecular weight is 394 g/mol. The van der Waals surface area contributed by atoms with Crippen molar-refractivity contribution in [3.8, 4) is 0 Å². The predicted molar refractivity (Wildman–Crippen MR) is 91.5 cm³/mol. The van der Waals surface area contributed by atoms with Crippen molar-refractivity contribution < 1.29 is 18.3 Å². The number of thioether (sulfide) groups is 1. The van der Waals surface area contributed by atoms with Gasteiger partial charge in [0.05, 0.1) is 10.0 Å². The largest absolute Gasteiger partial charge is 0.421 e. The summed E-state index contributed by atoms with van der Waals surface area (Å²) in [5.41, 5.74) is -2.58. The number of benzene rings is 1. The lowest BCUT2D eigenvalue weighted by atomic mass is 10.0. The second kappa shape index (κ2) is 7.78. The molecule has 0 saturated carbocycles. The van der Waals surface area contributed by atoms with Gasteiger partial charge in [-0.3, -0.25) is 4.98 Å². The number of nitrogens with zero attached hydrogens (tertiary/aromatic N) is 1. The van der Waals surface area contributed by atoms with Crippen molar-refractivity contribution in [2.24, 2.45) is 0 Å². The fourth-order valence-corrected chi connectivity index (χ4v) is 2.97. The van der Waals surface area contributed by atoms with Crippen LogP contribution in [0.5, 0.6) is 0 Å². The Hall–Kier alpha value is -1.21. The zero-order valence-corrected chi connectivity index (χ0v) is 14.4. The minimum absolute atomic E-state index is 0.223. The molecular weight excluding hydrogens is 382 g/mol. The van der Waals surface area contributed by atoms with Gasteiger partial charge in [0.25, 0.3) is 0 Å². The molecule has 2 aromatic rings. The number of pyridine rings is 1. The Morgan fingerprint density at radius 3 is 2.33 bits per heavy atom. The molecule has 128 valence electrons. The van der Waals surface area contributed by atoms with Gasteiger partial charge in [-0.15, -0.1) is 11.8 Å². The molecule has 0 aliphatic carbocycles. The van der Waals surface area contributed by atoms with E-state index in [2.05, 4.69) is 4.98 Å². The maximum Gasteiger partial charge on any atom is 0.421 e. The van der Waals surface area contributed by atoms with E-state index in [1.807, 2.05) is 0 Å². The van der Waals surface area contributed by atoms with E-state index in [-0.39, 0.29) is 5.02 Å². The van der Waals surface area contributed by atoms with Gasteiger partial charge in [0.15, 0.2) is 5.60 Å². The highest BCUT2D eigenvalue weighted by Gasteiger charge is 2.51. The summed E-state index contributed by atoms with van der Waals surface area (Å²) in [6.07, 6.45) is 0.0182. The van der Waals surface area contributed by atoms with Crippen LogP contribution < -0.4 is 0 Å². The van der Waals surface area contributed by atoms with Crippen LogP contribution in [0.2, 0.25) is 10.0 Å². The summed E-state index contributed by atoms with van der Waals surface area (Å²) in [7, 11) is 0. The molecule has 0 spiro atoms. The van der Waals surface area contributed by atoms with E-state index in [9.17, 15) is 18.3 Å². The van der Waals surface area contributed by atoms with Gasteiger partial charge < -0.3 is 5.11 Å². The van der Waals surface area contributed by atoms with Crippen molar-refractivity contribution in [3.63, 3.8) is 0 Å². The lowest BCUT2D eigenvalue weighted by Gasteiger charge is -2.27. The highest BCUT2D eigenvalue weighted by atomic mass is 35.5. The van der Waals surface area contributed by atoms with Crippen LogP contribution in [0.3, 0.4) is 0 Å². The number of alkyl halides is 3. The first-order valence-electron chi connectivity index (χ1n) is 6.67. The standard InChI is InChI=1S/C16H12Cl2F3NOS/c17-13-2-1-11(9-14(13)18)3-6-15(23,16(19,20)21)10-24-12-4-7-22-8-5-12/h1-9,23H,10H2/b6-3+. The Bertz CT molecular complexity index is 725. The zero-order chi connectivity index (χ0) is 17.8. The van der Waals surface area contributed by atoms with E-state index >= 15 is 0 Å². The van der Waals surface area contributed by atoms with Crippen molar-refractivity contribution in [2.45, 2.75) is 16.7 Å². The first-order chi connectivity index (χ1) is 11.2. The minimum Gasteiger partial charge on any atom is -0.376 e. The number of aliphatic hydroxyl groups is 1. The number of hydrogen-bond acceptors (Lipinski definition) is 3. The molecule has 8 heteroatoms. The maximum absolute atomic E-state index is 13.3. The maximum atomic E-state index is 13.3. The molecule has 1 atom stereocenters. The molecule has 0 saturated heterocycles. The van der Waals surface area contributed by atoms with E-state index < -0.39 is 17.5 Å². The Labute approximate surface area is 151 Å². The molecule has 1 heterocycles. The summed E-state index contributed by atoms with van der Waals surface area (Å²) in [6, 6.07) is 7.56. The van der Waals surface area contributed by atoms with E-state index in [0.29, 0.717) is 15.5 Å². The van der Waals surface area contributed by atoms with Crippen LogP contribution in [0.25, 0.3) is 6.08 Å². The van der Waals surface area contributed by atoms with Gasteiger partial charge in [0, 0.05) is 23.0 Å². The molecule has 24 heavy (non-hydrogen) atoms. The summed E-state index contributed by atoms with van der Waals surface area (Å²) in [5.74, 6) is -0.585. The van der Waals surface area contributed by atoms with Gasteiger partial charge in [0.1, 0.15) is 0 Å². The summed E-state index contributed by atoms with van der Waals surface area (Å²) < 4.78 is 39.8. The van der Waals surface area contributed by atoms with Crippen LogP contribution in [0.1, 0.15) is 5.56 Å². The van der Waals surface area contributed by atoms with Crippen LogP contribution in [-0.2, 0) is 0 Å². The van der Waals surface area contributed by atoms with Crippen LogP contribution in [-0.4, -0.2) is 27.6 Å². The van der Waals surface area contributed by atoms with E-state index in [1.54, 1.807) is 12.1 Å². The van der Waals surface area contributed by atoms with Crippen molar-refractivity contribution >= 4 is 41.0 Å². The topological polar surface area (TPSA) is 33.1 Å². The molecule has 1 N–H and O–H groups in total. The minimum atomic E-state index is -4.82. The number of hydrogen-bond donors (Lipinski definition) is 1. The quantitative estimate of drug-likeness (QED) is 0.681. The van der Waals surface area contributed by atoms with Gasteiger partial charge in [0.2, 0.25) is 0 Å². The van der Waals surface area contributed by atoms with Crippen LogP contribution in [0.4, 0.5) is 13.2 Å². The van der Waals surface area contributed by atoms with Crippen LogP contribution in [0.15, 0.2) is 53.7 Å². The third-order valence-corrected chi connectivity index (χ3v) is 5.02. The van der Waals surface area contributed by atoms with Gasteiger partial charge in [-0.1, -0.05) is 35.3 Å². The summed E-state index contributed by atoms with van der Waals surface area (Å²) >= 11 is 12.5. The van der Waals surface area contributed by atoms with E-state index in [4.69, 9.17) is 23.2 Å². The van der Waals surface area contributed by atoms with Gasteiger partial charge in [-0.05, 0) is 35.9 Å². The fourth-order valence-electron chi connectivity index (χ4n) is 1.70. The van der Waals surface area contributed by atoms with Crippen molar-refractivity contribution in [3.05, 3.63) is 64.4 Å². The van der Waals surface area contributed by atoms with Gasteiger partial charge >= 0.3 is 6.18 Å². The zero-order valence-electron chi connectivity index (χ0n) is 12.1. The third-order valence-electron chi connectivity index (χ3n) is 3.09. The summed E-state index contributed by atoms with van der Waals surface area (Å²) in [4.78, 5) is 4.37. The average Bonchev–Trinajstić information content (AvgIpc) is 2.54. The highest BCUT2D eigenvalue weighted by molar-refractivity contribution is 7.99. The van der Waals surface area contributed by atoms with Crippen molar-refractivity contribution in [2.75, 3.05) is 5.75 Å². The Balaban J connectivity index is 2.20. The molecular formula is C16H12Cl2F3NOS. The Morgan fingerprint density at radius 1 is 1.08 bits per heavy atom. The predicted octanol–water partition coefficient (Wildman–Crippen LogP) is 5.49. The number of aromatic nitrogens is 1. The molecule has 0 aliphatic heterocycles. The molecule has 0 fully saturated rings. The fraction of sp³-hybridized carbons (Fsp3) is 0.188. The molecule has 1 aromatic carbocycles. The number of rotatable bonds is 5. The third kappa shape index (κ3) is 4.89. The Kier molecular flexibility index (Phi) is 6.20. The monoisotopic (exact) mass is 393 g/mol. The lowest BCUT2D eigenvalue weighted by Crippen LogP contribution is -2.45. The van der Waals surface area contributed by atoms with E-state index in [1.165, 1.54) is 36.7 Å². The summed E-state index contributed by atoms with van der Waals surface area (Å²) in [6.45, 7) is 0. The van der Waals surface area contributed by atoms with E-state index in [0.717, 1.165) is 17.8 Å². The van der Waals surface area contributed by atoms with Gasteiger partial charge in [-0.25, -0.2) is 0 Å². The van der Waals surface area contributed by atoms with Crippen molar-refractivity contribution in [1.82, 2.24) is 4.98 Å². The molecule has 2 nitrogen and oxygen atoms in total.